The Labute approximate surface area is 213 Å². The lowest BCUT2D eigenvalue weighted by Crippen LogP contribution is -2.49. The molecule has 0 saturated carbocycles. The third kappa shape index (κ3) is 4.15. The first-order valence-corrected chi connectivity index (χ1v) is 12.3. The molecule has 3 atom stereocenters. The van der Waals surface area contributed by atoms with Crippen LogP contribution in [0.25, 0.3) is 11.2 Å². The Kier molecular flexibility index (Phi) is 6.13. The molecule has 8 nitrogen and oxygen atoms in total. The van der Waals surface area contributed by atoms with Gasteiger partial charge in [-0.05, 0) is 16.7 Å². The number of hydrogen-bond donors (Lipinski definition) is 3. The van der Waals surface area contributed by atoms with Crippen LogP contribution in [0.15, 0.2) is 108 Å². The first kappa shape index (κ1) is 23.3. The molecule has 6 rings (SSSR count). The molecule has 1 fully saturated rings. The fraction of sp³-hybridized carbons (Fsp3) is 0.207. The average Bonchev–Trinajstić information content (AvgIpc) is 3.55. The Bertz CT molecular complexity index is 1440. The molecular formula is C29H27N5O3. The van der Waals surface area contributed by atoms with Crippen LogP contribution in [0.2, 0.25) is 0 Å². The molecule has 5 aromatic rings. The normalized spacial score (nSPS) is 19.9. The van der Waals surface area contributed by atoms with Gasteiger partial charge in [-0.1, -0.05) is 91.0 Å². The molecule has 0 spiro atoms. The van der Waals surface area contributed by atoms with Gasteiger partial charge in [0.25, 0.3) is 5.56 Å². The predicted molar refractivity (Wildman–Crippen MR) is 140 cm³/mol. The highest BCUT2D eigenvalue weighted by molar-refractivity contribution is 5.68. The van der Waals surface area contributed by atoms with Gasteiger partial charge in [0.05, 0.1) is 30.4 Å². The Morgan fingerprint density at radius 2 is 1.49 bits per heavy atom. The lowest BCUT2D eigenvalue weighted by Gasteiger charge is -2.38. The fourth-order valence-corrected chi connectivity index (χ4v) is 5.27. The quantitative estimate of drug-likeness (QED) is 0.301. The Balaban J connectivity index is 1.35. The van der Waals surface area contributed by atoms with Gasteiger partial charge in [0.15, 0.2) is 11.2 Å². The van der Waals surface area contributed by atoms with Crippen LogP contribution < -0.4 is 10.9 Å². The summed E-state index contributed by atoms with van der Waals surface area (Å²) in [6, 6.07) is 30.9. The summed E-state index contributed by atoms with van der Waals surface area (Å²) >= 11 is 0. The van der Waals surface area contributed by atoms with Crippen molar-refractivity contribution in [1.29, 1.82) is 0 Å². The minimum atomic E-state index is -0.711. The molecule has 3 aromatic carbocycles. The van der Waals surface area contributed by atoms with Crippen LogP contribution in [0, 0.1) is 0 Å². The SMILES string of the molecule is O=c1[nH]cnc2c1ncn2[C@H]1C[C@H](O)[C@@H](CNC(c2ccccc2)(c2ccccc2)c2ccccc2)O1. The van der Waals surface area contributed by atoms with Gasteiger partial charge in [-0.2, -0.15) is 0 Å². The van der Waals surface area contributed by atoms with Crippen LogP contribution in [-0.4, -0.2) is 43.4 Å². The molecule has 37 heavy (non-hydrogen) atoms. The fourth-order valence-electron chi connectivity index (χ4n) is 5.27. The lowest BCUT2D eigenvalue weighted by atomic mass is 9.77. The summed E-state index contributed by atoms with van der Waals surface area (Å²) in [5.74, 6) is 0. The van der Waals surface area contributed by atoms with Crippen LogP contribution >= 0.6 is 0 Å². The molecule has 0 aliphatic carbocycles. The van der Waals surface area contributed by atoms with E-state index < -0.39 is 24.0 Å². The third-order valence-corrected chi connectivity index (χ3v) is 7.07. The van der Waals surface area contributed by atoms with E-state index in [9.17, 15) is 9.90 Å². The number of aromatic nitrogens is 4. The smallest absolute Gasteiger partial charge is 0.278 e. The molecule has 1 aliphatic heterocycles. The van der Waals surface area contributed by atoms with E-state index in [2.05, 4.69) is 56.7 Å². The predicted octanol–water partition coefficient (Wildman–Crippen LogP) is 3.35. The third-order valence-electron chi connectivity index (χ3n) is 7.07. The first-order chi connectivity index (χ1) is 18.2. The van der Waals surface area contributed by atoms with Crippen molar-refractivity contribution in [1.82, 2.24) is 24.8 Å². The summed E-state index contributed by atoms with van der Waals surface area (Å²) in [6.45, 7) is 0.386. The maximum absolute atomic E-state index is 12.1. The summed E-state index contributed by atoms with van der Waals surface area (Å²) in [5.41, 5.74) is 2.96. The number of nitrogens with zero attached hydrogens (tertiary/aromatic N) is 3. The zero-order chi connectivity index (χ0) is 25.2. The van der Waals surface area contributed by atoms with E-state index in [0.717, 1.165) is 16.7 Å². The second kappa shape index (κ2) is 9.74. The zero-order valence-electron chi connectivity index (χ0n) is 20.1. The number of aliphatic hydroxyl groups excluding tert-OH is 1. The summed E-state index contributed by atoms with van der Waals surface area (Å²) < 4.78 is 8.04. The number of rotatable bonds is 7. The summed E-state index contributed by atoms with van der Waals surface area (Å²) in [5, 5.41) is 14.8. The molecule has 0 bridgehead atoms. The number of aliphatic hydroxyl groups is 1. The molecule has 186 valence electrons. The summed E-state index contributed by atoms with van der Waals surface area (Å²) in [7, 11) is 0. The number of H-pyrrole nitrogens is 1. The second-order valence-electron chi connectivity index (χ2n) is 9.22. The monoisotopic (exact) mass is 493 g/mol. The van der Waals surface area contributed by atoms with Gasteiger partial charge in [-0.25, -0.2) is 9.97 Å². The minimum Gasteiger partial charge on any atom is -0.390 e. The van der Waals surface area contributed by atoms with E-state index in [1.807, 2.05) is 54.6 Å². The molecule has 0 radical (unpaired) electrons. The summed E-state index contributed by atoms with van der Waals surface area (Å²) in [4.78, 5) is 23.1. The van der Waals surface area contributed by atoms with Gasteiger partial charge in [0.2, 0.25) is 0 Å². The van der Waals surface area contributed by atoms with Crippen molar-refractivity contribution in [2.75, 3.05) is 6.54 Å². The van der Waals surface area contributed by atoms with Crippen molar-refractivity contribution in [2.24, 2.45) is 0 Å². The maximum atomic E-state index is 12.1. The molecular weight excluding hydrogens is 466 g/mol. The molecule has 3 heterocycles. The minimum absolute atomic E-state index is 0.249. The first-order valence-electron chi connectivity index (χ1n) is 12.3. The molecule has 0 amide bonds. The molecule has 2 aromatic heterocycles. The van der Waals surface area contributed by atoms with Crippen LogP contribution in [0.3, 0.4) is 0 Å². The van der Waals surface area contributed by atoms with E-state index in [-0.39, 0.29) is 11.1 Å². The van der Waals surface area contributed by atoms with Crippen LogP contribution in [0.5, 0.6) is 0 Å². The highest BCUT2D eigenvalue weighted by atomic mass is 16.5. The van der Waals surface area contributed by atoms with Gasteiger partial charge < -0.3 is 14.8 Å². The summed E-state index contributed by atoms with van der Waals surface area (Å²) in [6.07, 6.45) is 1.57. The standard InChI is InChI=1S/C29H27N5O3/c35-23-16-25(34-19-32-26-27(34)30-18-31-28(26)36)37-24(23)17-33-29(20-10-4-1-5-11-20,21-12-6-2-7-13-21)22-14-8-3-9-15-22/h1-15,18-19,23-25,33,35H,16-17H2,(H,30,31,36)/t23-,24+,25+/m0/s1. The van der Waals surface area contributed by atoms with Crippen molar-refractivity contribution in [2.45, 2.75) is 30.4 Å². The number of nitrogens with one attached hydrogen (secondary N) is 2. The van der Waals surface area contributed by atoms with Gasteiger partial charge >= 0.3 is 0 Å². The number of ether oxygens (including phenoxy) is 1. The Morgan fingerprint density at radius 3 is 2.05 bits per heavy atom. The highest BCUT2D eigenvalue weighted by Crippen LogP contribution is 2.38. The molecule has 0 unspecified atom stereocenters. The van der Waals surface area contributed by atoms with E-state index in [1.54, 1.807) is 10.9 Å². The van der Waals surface area contributed by atoms with Crippen molar-refractivity contribution in [3.63, 3.8) is 0 Å². The lowest BCUT2D eigenvalue weighted by molar-refractivity contribution is -0.0178. The number of aromatic amines is 1. The van der Waals surface area contributed by atoms with Crippen molar-refractivity contribution in [3.8, 4) is 0 Å². The van der Waals surface area contributed by atoms with Crippen molar-refractivity contribution < 1.29 is 9.84 Å². The van der Waals surface area contributed by atoms with E-state index in [4.69, 9.17) is 4.74 Å². The van der Waals surface area contributed by atoms with Crippen LogP contribution in [-0.2, 0) is 10.3 Å². The molecule has 1 aliphatic rings. The van der Waals surface area contributed by atoms with Crippen LogP contribution in [0.4, 0.5) is 0 Å². The number of imidazole rings is 1. The average molecular weight is 494 g/mol. The van der Waals surface area contributed by atoms with E-state index in [1.165, 1.54) is 6.33 Å². The second-order valence-corrected chi connectivity index (χ2v) is 9.22. The Hall–Kier alpha value is -4.11. The highest BCUT2D eigenvalue weighted by Gasteiger charge is 2.40. The van der Waals surface area contributed by atoms with Crippen molar-refractivity contribution >= 4 is 11.2 Å². The van der Waals surface area contributed by atoms with Gasteiger partial charge in [-0.3, -0.25) is 14.7 Å². The van der Waals surface area contributed by atoms with E-state index in [0.29, 0.717) is 18.6 Å². The van der Waals surface area contributed by atoms with Gasteiger partial charge in [-0.15, -0.1) is 0 Å². The van der Waals surface area contributed by atoms with E-state index >= 15 is 0 Å². The largest absolute Gasteiger partial charge is 0.390 e. The van der Waals surface area contributed by atoms with Crippen LogP contribution in [0.1, 0.15) is 29.3 Å². The molecule has 1 saturated heterocycles. The molecule has 8 heteroatoms. The number of hydrogen-bond acceptors (Lipinski definition) is 6. The molecule has 3 N–H and O–H groups in total. The Morgan fingerprint density at radius 1 is 0.919 bits per heavy atom. The topological polar surface area (TPSA) is 105 Å². The van der Waals surface area contributed by atoms with Gasteiger partial charge in [0.1, 0.15) is 6.23 Å². The number of fused-ring (bicyclic) bond motifs is 1. The van der Waals surface area contributed by atoms with Gasteiger partial charge in [0, 0.05) is 13.0 Å². The number of benzene rings is 3. The van der Waals surface area contributed by atoms with Crippen molar-refractivity contribution in [3.05, 3.63) is 131 Å². The zero-order valence-corrected chi connectivity index (χ0v) is 20.1. The maximum Gasteiger partial charge on any atom is 0.278 e.